The van der Waals surface area contributed by atoms with Crippen LogP contribution >= 0.6 is 0 Å². The number of hydrogen-bond donors (Lipinski definition) is 0. The monoisotopic (exact) mass is 140 g/mol. The van der Waals surface area contributed by atoms with Crippen LogP contribution in [0.2, 0.25) is 0 Å². The van der Waals surface area contributed by atoms with Crippen molar-refractivity contribution in [1.82, 2.24) is 0 Å². The maximum absolute atomic E-state index is 5.49. The first-order chi connectivity index (χ1) is 4.92. The van der Waals surface area contributed by atoms with Gasteiger partial charge in [-0.2, -0.15) is 0 Å². The molecule has 58 valence electrons. The minimum atomic E-state index is 0.920. The summed E-state index contributed by atoms with van der Waals surface area (Å²) >= 11 is 0. The maximum atomic E-state index is 5.49. The summed E-state index contributed by atoms with van der Waals surface area (Å²) in [5, 5.41) is 0. The van der Waals surface area contributed by atoms with Crippen LogP contribution in [0.1, 0.15) is 26.2 Å². The summed E-state index contributed by atoms with van der Waals surface area (Å²) in [5.74, 6) is 2.85. The minimum absolute atomic E-state index is 0.920. The molecule has 0 radical (unpaired) electrons. The van der Waals surface area contributed by atoms with Crippen molar-refractivity contribution in [3.63, 3.8) is 0 Å². The van der Waals surface area contributed by atoms with Crippen LogP contribution in [0.5, 0.6) is 0 Å². The molecule has 2 atom stereocenters. The van der Waals surface area contributed by atoms with Gasteiger partial charge in [0, 0.05) is 13.2 Å². The van der Waals surface area contributed by atoms with Gasteiger partial charge in [0.2, 0.25) is 0 Å². The predicted molar refractivity (Wildman–Crippen MR) is 40.8 cm³/mol. The van der Waals surface area contributed by atoms with Gasteiger partial charge in [0.1, 0.15) is 0 Å². The van der Waals surface area contributed by atoms with Gasteiger partial charge in [-0.3, -0.25) is 0 Å². The normalized spacial score (nSPS) is 45.9. The average Bonchev–Trinajstić information content (AvgIpc) is 2.19. The minimum Gasteiger partial charge on any atom is -0.381 e. The van der Waals surface area contributed by atoms with E-state index in [9.17, 15) is 0 Å². The second-order valence-electron chi connectivity index (χ2n) is 3.71. The summed E-state index contributed by atoms with van der Waals surface area (Å²) < 4.78 is 5.49. The molecule has 2 rings (SSSR count). The van der Waals surface area contributed by atoms with Crippen LogP contribution in [0.4, 0.5) is 0 Å². The largest absolute Gasteiger partial charge is 0.381 e. The predicted octanol–water partition coefficient (Wildman–Crippen LogP) is 2.07. The Kier molecular flexibility index (Phi) is 1.69. The first kappa shape index (κ1) is 6.66. The van der Waals surface area contributed by atoms with E-state index in [1.165, 1.54) is 19.3 Å². The van der Waals surface area contributed by atoms with E-state index in [0.717, 1.165) is 31.0 Å². The fourth-order valence-electron chi connectivity index (χ4n) is 2.69. The van der Waals surface area contributed by atoms with Gasteiger partial charge >= 0.3 is 0 Å². The van der Waals surface area contributed by atoms with Crippen LogP contribution in [-0.4, -0.2) is 13.2 Å². The molecule has 0 aromatic carbocycles. The highest BCUT2D eigenvalue weighted by Gasteiger charge is 2.37. The van der Waals surface area contributed by atoms with E-state index in [0.29, 0.717) is 0 Å². The zero-order valence-electron chi connectivity index (χ0n) is 6.68. The molecule has 10 heavy (non-hydrogen) atoms. The lowest BCUT2D eigenvalue weighted by Gasteiger charge is -2.28. The Morgan fingerprint density at radius 2 is 1.80 bits per heavy atom. The zero-order chi connectivity index (χ0) is 6.97. The third-order valence-electron chi connectivity index (χ3n) is 3.25. The Balaban J connectivity index is 2.06. The Labute approximate surface area is 62.8 Å². The van der Waals surface area contributed by atoms with Gasteiger partial charge in [-0.05, 0) is 30.6 Å². The van der Waals surface area contributed by atoms with Crippen molar-refractivity contribution in [1.29, 1.82) is 0 Å². The van der Waals surface area contributed by atoms with Crippen LogP contribution in [0.3, 0.4) is 0 Å². The van der Waals surface area contributed by atoms with Gasteiger partial charge in [0.25, 0.3) is 0 Å². The van der Waals surface area contributed by atoms with Crippen molar-refractivity contribution in [2.24, 2.45) is 17.8 Å². The third-order valence-corrected chi connectivity index (χ3v) is 3.25. The van der Waals surface area contributed by atoms with Crippen LogP contribution in [0.15, 0.2) is 0 Å². The van der Waals surface area contributed by atoms with Crippen molar-refractivity contribution >= 4 is 0 Å². The van der Waals surface area contributed by atoms with Crippen LogP contribution in [-0.2, 0) is 4.74 Å². The number of rotatable bonds is 1. The molecule has 0 aromatic heterocycles. The van der Waals surface area contributed by atoms with Gasteiger partial charge in [0.05, 0.1) is 0 Å². The summed E-state index contributed by atoms with van der Waals surface area (Å²) in [6, 6.07) is 0. The van der Waals surface area contributed by atoms with Gasteiger partial charge in [0.15, 0.2) is 0 Å². The molecule has 1 nitrogen and oxygen atoms in total. The molecule has 1 heteroatoms. The second-order valence-corrected chi connectivity index (χ2v) is 3.71. The molecule has 1 saturated carbocycles. The number of ether oxygens (including phenoxy) is 1. The molecule has 2 bridgehead atoms. The molecule has 1 aliphatic heterocycles. The smallest absolute Gasteiger partial charge is 0.0497 e. The van der Waals surface area contributed by atoms with E-state index in [-0.39, 0.29) is 0 Å². The molecule has 2 aliphatic rings. The quantitative estimate of drug-likeness (QED) is 0.541. The molecular weight excluding hydrogens is 124 g/mol. The molecule has 1 heterocycles. The van der Waals surface area contributed by atoms with Crippen molar-refractivity contribution in [3.05, 3.63) is 0 Å². The van der Waals surface area contributed by atoms with E-state index < -0.39 is 0 Å². The summed E-state index contributed by atoms with van der Waals surface area (Å²) in [6.07, 6.45) is 4.24. The molecule has 0 amide bonds. The molecule has 2 unspecified atom stereocenters. The van der Waals surface area contributed by atoms with Crippen LogP contribution in [0, 0.1) is 17.8 Å². The van der Waals surface area contributed by atoms with Crippen molar-refractivity contribution in [3.8, 4) is 0 Å². The van der Waals surface area contributed by atoms with Gasteiger partial charge in [-0.15, -0.1) is 0 Å². The molecule has 2 fully saturated rings. The first-order valence-electron chi connectivity index (χ1n) is 4.49. The fourth-order valence-corrected chi connectivity index (χ4v) is 2.69. The highest BCUT2D eigenvalue weighted by atomic mass is 16.5. The van der Waals surface area contributed by atoms with E-state index in [1.54, 1.807) is 0 Å². The maximum Gasteiger partial charge on any atom is 0.0497 e. The summed E-state index contributed by atoms with van der Waals surface area (Å²) in [4.78, 5) is 0. The molecule has 0 aromatic rings. The van der Waals surface area contributed by atoms with Crippen molar-refractivity contribution in [2.75, 3.05) is 13.2 Å². The van der Waals surface area contributed by atoms with E-state index in [2.05, 4.69) is 6.92 Å². The summed E-state index contributed by atoms with van der Waals surface area (Å²) in [6.45, 7) is 4.42. The topological polar surface area (TPSA) is 9.23 Å². The fraction of sp³-hybridized carbons (Fsp3) is 1.00. The van der Waals surface area contributed by atoms with Gasteiger partial charge < -0.3 is 4.74 Å². The molecule has 1 saturated heterocycles. The number of fused-ring (bicyclic) bond motifs is 2. The highest BCUT2D eigenvalue weighted by Crippen LogP contribution is 2.42. The Morgan fingerprint density at radius 3 is 2.20 bits per heavy atom. The second kappa shape index (κ2) is 2.54. The highest BCUT2D eigenvalue weighted by molar-refractivity contribution is 4.86. The molecule has 1 aliphatic carbocycles. The Morgan fingerprint density at radius 1 is 1.20 bits per heavy atom. The zero-order valence-corrected chi connectivity index (χ0v) is 6.68. The standard InChI is InChI=1S/C9H16O/c1-2-9-7-3-4-8(9)6-10-5-7/h7-9H,2-6H2,1H3. The average molecular weight is 140 g/mol. The SMILES string of the molecule is CCC1C2CCC1COC2. The molecule has 0 N–H and O–H groups in total. The van der Waals surface area contributed by atoms with Crippen LogP contribution < -0.4 is 0 Å². The summed E-state index contributed by atoms with van der Waals surface area (Å²) in [5.41, 5.74) is 0. The van der Waals surface area contributed by atoms with Crippen molar-refractivity contribution in [2.45, 2.75) is 26.2 Å². The van der Waals surface area contributed by atoms with Gasteiger partial charge in [-0.25, -0.2) is 0 Å². The molecular formula is C9H16O. The lowest BCUT2D eigenvalue weighted by molar-refractivity contribution is 0.00622. The van der Waals surface area contributed by atoms with E-state index >= 15 is 0 Å². The lowest BCUT2D eigenvalue weighted by Crippen LogP contribution is -2.27. The lowest BCUT2D eigenvalue weighted by atomic mass is 9.86. The van der Waals surface area contributed by atoms with Crippen LogP contribution in [0.25, 0.3) is 0 Å². The summed E-state index contributed by atoms with van der Waals surface area (Å²) in [7, 11) is 0. The number of hydrogen-bond acceptors (Lipinski definition) is 1. The third kappa shape index (κ3) is 0.878. The van der Waals surface area contributed by atoms with Crippen molar-refractivity contribution < 1.29 is 4.74 Å². The van der Waals surface area contributed by atoms with Gasteiger partial charge in [-0.1, -0.05) is 13.3 Å². The van der Waals surface area contributed by atoms with E-state index in [1.807, 2.05) is 0 Å². The first-order valence-corrected chi connectivity index (χ1v) is 4.49. The Bertz CT molecular complexity index is 106. The Hall–Kier alpha value is -0.0400. The van der Waals surface area contributed by atoms with E-state index in [4.69, 9.17) is 4.74 Å². The molecule has 0 spiro atoms.